The molecule has 0 unspecified atom stereocenters. The summed E-state index contributed by atoms with van der Waals surface area (Å²) in [6, 6.07) is 12.5. The van der Waals surface area contributed by atoms with Crippen molar-refractivity contribution in [2.24, 2.45) is 0 Å². The van der Waals surface area contributed by atoms with E-state index in [1.54, 1.807) is 12.1 Å². The minimum absolute atomic E-state index is 0.0835. The van der Waals surface area contributed by atoms with Crippen molar-refractivity contribution < 1.29 is 9.18 Å². The standard InChI is InChI=1S/C21H25ClFN3O/c1-15(27)25-17-9-7-16(8-10-17)13-24-14-20(26-11-2-3-12-26)21-18(22)5-4-6-19(21)23/h4-10,20,24H,2-3,11-14H2,1H3,(H,25,27)/t20-/m1/s1. The van der Waals surface area contributed by atoms with Gasteiger partial charge in [-0.1, -0.05) is 29.8 Å². The summed E-state index contributed by atoms with van der Waals surface area (Å²) in [5.74, 6) is -0.336. The van der Waals surface area contributed by atoms with E-state index in [9.17, 15) is 9.18 Å². The fourth-order valence-corrected chi connectivity index (χ4v) is 3.85. The number of rotatable bonds is 7. The van der Waals surface area contributed by atoms with Crippen LogP contribution in [-0.4, -0.2) is 30.4 Å². The molecule has 4 nitrogen and oxygen atoms in total. The van der Waals surface area contributed by atoms with Gasteiger partial charge in [0.25, 0.3) is 0 Å². The molecule has 27 heavy (non-hydrogen) atoms. The molecule has 6 heteroatoms. The summed E-state index contributed by atoms with van der Waals surface area (Å²) < 4.78 is 14.5. The summed E-state index contributed by atoms with van der Waals surface area (Å²) >= 11 is 6.33. The number of nitrogens with one attached hydrogen (secondary N) is 2. The van der Waals surface area contributed by atoms with E-state index in [0.29, 0.717) is 23.7 Å². The first kappa shape index (κ1) is 19.8. The second kappa shape index (κ2) is 9.31. The molecule has 0 aliphatic carbocycles. The van der Waals surface area contributed by atoms with Crippen molar-refractivity contribution >= 4 is 23.2 Å². The van der Waals surface area contributed by atoms with Gasteiger partial charge in [-0.05, 0) is 55.8 Å². The molecule has 0 aromatic heterocycles. The highest BCUT2D eigenvalue weighted by molar-refractivity contribution is 6.31. The highest BCUT2D eigenvalue weighted by Crippen LogP contribution is 2.32. The van der Waals surface area contributed by atoms with Gasteiger partial charge in [0, 0.05) is 36.3 Å². The van der Waals surface area contributed by atoms with Gasteiger partial charge in [0.1, 0.15) is 5.82 Å². The van der Waals surface area contributed by atoms with Crippen molar-refractivity contribution in [3.63, 3.8) is 0 Å². The summed E-state index contributed by atoms with van der Waals surface area (Å²) in [4.78, 5) is 13.4. The van der Waals surface area contributed by atoms with E-state index in [1.165, 1.54) is 13.0 Å². The molecule has 0 radical (unpaired) electrons. The van der Waals surface area contributed by atoms with Crippen LogP contribution in [0.1, 0.15) is 36.9 Å². The Hall–Kier alpha value is -1.95. The quantitative estimate of drug-likeness (QED) is 0.739. The third kappa shape index (κ3) is 5.28. The molecule has 1 heterocycles. The largest absolute Gasteiger partial charge is 0.326 e. The zero-order valence-corrected chi connectivity index (χ0v) is 16.2. The van der Waals surface area contributed by atoms with Gasteiger partial charge in [0.15, 0.2) is 0 Å². The molecule has 3 rings (SSSR count). The summed E-state index contributed by atoms with van der Waals surface area (Å²) in [7, 11) is 0. The van der Waals surface area contributed by atoms with Crippen LogP contribution in [0.3, 0.4) is 0 Å². The molecule has 0 saturated carbocycles. The molecule has 144 valence electrons. The van der Waals surface area contributed by atoms with E-state index in [-0.39, 0.29) is 17.8 Å². The summed E-state index contributed by atoms with van der Waals surface area (Å²) in [6.07, 6.45) is 2.26. The average molecular weight is 390 g/mol. The first-order chi connectivity index (χ1) is 13.0. The first-order valence-electron chi connectivity index (χ1n) is 9.30. The third-order valence-corrected chi connectivity index (χ3v) is 5.19. The molecule has 0 spiro atoms. The van der Waals surface area contributed by atoms with Gasteiger partial charge in [0.2, 0.25) is 5.91 Å². The first-order valence-corrected chi connectivity index (χ1v) is 9.67. The van der Waals surface area contributed by atoms with E-state index in [2.05, 4.69) is 15.5 Å². The Labute approximate surface area is 164 Å². The summed E-state index contributed by atoms with van der Waals surface area (Å²) in [5, 5.41) is 6.67. The molecule has 1 fully saturated rings. The van der Waals surface area contributed by atoms with Gasteiger partial charge < -0.3 is 10.6 Å². The molecule has 0 bridgehead atoms. The van der Waals surface area contributed by atoms with E-state index in [1.807, 2.05) is 24.3 Å². The molecule has 1 aliphatic heterocycles. The second-order valence-electron chi connectivity index (χ2n) is 6.90. The SMILES string of the molecule is CC(=O)Nc1ccc(CNC[C@H](c2c(F)cccc2Cl)N2CCCC2)cc1. The molecular weight excluding hydrogens is 365 g/mol. The fraction of sp³-hybridized carbons (Fsp3) is 0.381. The number of anilines is 1. The summed E-state index contributed by atoms with van der Waals surface area (Å²) in [5.41, 5.74) is 2.46. The highest BCUT2D eigenvalue weighted by atomic mass is 35.5. The van der Waals surface area contributed by atoms with Crippen molar-refractivity contribution in [2.45, 2.75) is 32.4 Å². The van der Waals surface area contributed by atoms with Crippen LogP contribution < -0.4 is 10.6 Å². The number of hydrogen-bond donors (Lipinski definition) is 2. The van der Waals surface area contributed by atoms with Crippen LogP contribution in [-0.2, 0) is 11.3 Å². The van der Waals surface area contributed by atoms with Crippen molar-refractivity contribution in [2.75, 3.05) is 25.0 Å². The number of halogens is 2. The number of amides is 1. The highest BCUT2D eigenvalue weighted by Gasteiger charge is 2.27. The monoisotopic (exact) mass is 389 g/mol. The molecule has 2 aromatic carbocycles. The lowest BCUT2D eigenvalue weighted by atomic mass is 10.0. The number of carbonyl (C=O) groups excluding carboxylic acids is 1. The second-order valence-corrected chi connectivity index (χ2v) is 7.31. The van der Waals surface area contributed by atoms with Crippen LogP contribution in [0, 0.1) is 5.82 Å². The lowest BCUT2D eigenvalue weighted by molar-refractivity contribution is -0.114. The zero-order valence-electron chi connectivity index (χ0n) is 15.5. The molecule has 2 aromatic rings. The number of hydrogen-bond acceptors (Lipinski definition) is 3. The van der Waals surface area contributed by atoms with Gasteiger partial charge in [-0.2, -0.15) is 0 Å². The number of likely N-dealkylation sites (tertiary alicyclic amines) is 1. The normalized spacial score (nSPS) is 15.7. The minimum atomic E-state index is -0.249. The third-order valence-electron chi connectivity index (χ3n) is 4.86. The average Bonchev–Trinajstić information content (AvgIpc) is 3.15. The number of benzene rings is 2. The molecule has 1 aliphatic rings. The maximum absolute atomic E-state index is 14.5. The maximum atomic E-state index is 14.5. The van der Waals surface area contributed by atoms with Crippen LogP contribution in [0.5, 0.6) is 0 Å². The van der Waals surface area contributed by atoms with E-state index in [0.717, 1.165) is 37.2 Å². The van der Waals surface area contributed by atoms with Crippen LogP contribution in [0.15, 0.2) is 42.5 Å². The Morgan fingerprint density at radius 3 is 2.52 bits per heavy atom. The number of carbonyl (C=O) groups is 1. The van der Waals surface area contributed by atoms with Gasteiger partial charge in [-0.15, -0.1) is 0 Å². The Kier molecular flexibility index (Phi) is 6.83. The van der Waals surface area contributed by atoms with Gasteiger partial charge >= 0.3 is 0 Å². The van der Waals surface area contributed by atoms with Crippen LogP contribution in [0.4, 0.5) is 10.1 Å². The van der Waals surface area contributed by atoms with Gasteiger partial charge in [-0.3, -0.25) is 9.69 Å². The predicted molar refractivity (Wildman–Crippen MR) is 107 cm³/mol. The van der Waals surface area contributed by atoms with Crippen LogP contribution in [0.2, 0.25) is 5.02 Å². The lowest BCUT2D eigenvalue weighted by Gasteiger charge is -2.29. The Morgan fingerprint density at radius 2 is 1.89 bits per heavy atom. The van der Waals surface area contributed by atoms with E-state index >= 15 is 0 Å². The van der Waals surface area contributed by atoms with Gasteiger partial charge in [0.05, 0.1) is 6.04 Å². The van der Waals surface area contributed by atoms with Crippen molar-refractivity contribution in [3.05, 3.63) is 64.4 Å². The lowest BCUT2D eigenvalue weighted by Crippen LogP contribution is -2.34. The number of nitrogens with zero attached hydrogens (tertiary/aromatic N) is 1. The van der Waals surface area contributed by atoms with Crippen LogP contribution >= 0.6 is 11.6 Å². The van der Waals surface area contributed by atoms with Crippen molar-refractivity contribution in [1.82, 2.24) is 10.2 Å². The molecule has 2 N–H and O–H groups in total. The topological polar surface area (TPSA) is 44.4 Å². The summed E-state index contributed by atoms with van der Waals surface area (Å²) in [6.45, 7) is 4.69. The maximum Gasteiger partial charge on any atom is 0.221 e. The predicted octanol–water partition coefficient (Wildman–Crippen LogP) is 4.36. The Morgan fingerprint density at radius 1 is 1.19 bits per heavy atom. The Balaban J connectivity index is 1.66. The molecular formula is C21H25ClFN3O. The minimum Gasteiger partial charge on any atom is -0.326 e. The Bertz CT molecular complexity index is 755. The van der Waals surface area contributed by atoms with Gasteiger partial charge in [-0.25, -0.2) is 4.39 Å². The molecule has 1 saturated heterocycles. The van der Waals surface area contributed by atoms with E-state index < -0.39 is 0 Å². The van der Waals surface area contributed by atoms with Crippen molar-refractivity contribution in [1.29, 1.82) is 0 Å². The van der Waals surface area contributed by atoms with E-state index in [4.69, 9.17) is 11.6 Å². The molecule has 1 atom stereocenters. The van der Waals surface area contributed by atoms with Crippen LogP contribution in [0.25, 0.3) is 0 Å². The fourth-order valence-electron chi connectivity index (χ4n) is 3.56. The zero-order chi connectivity index (χ0) is 19.2. The smallest absolute Gasteiger partial charge is 0.221 e. The van der Waals surface area contributed by atoms with Crippen molar-refractivity contribution in [3.8, 4) is 0 Å². The molecule has 1 amide bonds.